The zero-order valence-corrected chi connectivity index (χ0v) is 8.12. The van der Waals surface area contributed by atoms with Crippen LogP contribution in [-0.4, -0.2) is 17.5 Å². The van der Waals surface area contributed by atoms with E-state index in [9.17, 15) is 4.39 Å². The first-order valence-corrected chi connectivity index (χ1v) is 6.58. The molecule has 0 spiro atoms. The molecule has 0 aliphatic heterocycles. The standard InChI is InChI=1S/C7H10FNS2/c1-11(2,10)6-3-4-9-7(8)5-6/h3-5,10H,1-2H3. The van der Waals surface area contributed by atoms with E-state index in [1.54, 1.807) is 6.07 Å². The molecule has 0 aliphatic carbocycles. The van der Waals surface area contributed by atoms with Gasteiger partial charge in [0.15, 0.2) is 0 Å². The number of thiol groups is 1. The molecular formula is C7H10FNS2. The molecule has 1 aromatic heterocycles. The first-order chi connectivity index (χ1) is 5.00. The average Bonchev–Trinajstić information content (AvgIpc) is 1.86. The lowest BCUT2D eigenvalue weighted by atomic mass is 10.5. The van der Waals surface area contributed by atoms with E-state index in [0.717, 1.165) is 4.90 Å². The summed E-state index contributed by atoms with van der Waals surface area (Å²) in [5, 5.41) is 0. The van der Waals surface area contributed by atoms with Crippen LogP contribution in [0.5, 0.6) is 0 Å². The summed E-state index contributed by atoms with van der Waals surface area (Å²) in [6.45, 7) is 0. The highest BCUT2D eigenvalue weighted by molar-refractivity contribution is 8.87. The monoisotopic (exact) mass is 191 g/mol. The van der Waals surface area contributed by atoms with Gasteiger partial charge in [0.25, 0.3) is 0 Å². The quantitative estimate of drug-likeness (QED) is 0.409. The summed E-state index contributed by atoms with van der Waals surface area (Å²) in [4.78, 5) is 4.39. The maximum Gasteiger partial charge on any atom is 0.213 e. The van der Waals surface area contributed by atoms with Crippen LogP contribution >= 0.6 is 20.7 Å². The lowest BCUT2D eigenvalue weighted by Gasteiger charge is -2.23. The van der Waals surface area contributed by atoms with Gasteiger partial charge in [-0.3, -0.25) is 0 Å². The van der Waals surface area contributed by atoms with E-state index in [2.05, 4.69) is 16.6 Å². The van der Waals surface area contributed by atoms with Crippen molar-refractivity contribution in [2.75, 3.05) is 12.5 Å². The Morgan fingerprint density at radius 1 is 1.55 bits per heavy atom. The number of halogens is 1. The molecule has 1 rings (SSSR count). The molecule has 0 aromatic carbocycles. The molecular weight excluding hydrogens is 181 g/mol. The van der Waals surface area contributed by atoms with Crippen LogP contribution in [0.3, 0.4) is 0 Å². The molecule has 0 amide bonds. The molecule has 1 heterocycles. The van der Waals surface area contributed by atoms with Gasteiger partial charge in [-0.2, -0.15) is 13.5 Å². The fraction of sp³-hybridized carbons (Fsp3) is 0.286. The minimum atomic E-state index is -1.11. The molecule has 1 nitrogen and oxygen atoms in total. The summed E-state index contributed by atoms with van der Waals surface area (Å²) in [7, 11) is -1.11. The molecule has 0 saturated heterocycles. The van der Waals surface area contributed by atoms with E-state index in [1.165, 1.54) is 12.3 Å². The summed E-state index contributed by atoms with van der Waals surface area (Å²) in [5.41, 5.74) is 0. The van der Waals surface area contributed by atoms with Crippen molar-refractivity contribution in [1.82, 2.24) is 4.98 Å². The van der Waals surface area contributed by atoms with Crippen LogP contribution in [-0.2, 0) is 0 Å². The van der Waals surface area contributed by atoms with Crippen molar-refractivity contribution in [3.05, 3.63) is 24.3 Å². The second kappa shape index (κ2) is 3.03. The van der Waals surface area contributed by atoms with E-state index in [0.29, 0.717) is 0 Å². The third-order valence-corrected chi connectivity index (χ3v) is 3.31. The molecule has 0 bridgehead atoms. The average molecular weight is 191 g/mol. The largest absolute Gasteiger partial charge is 0.228 e. The summed E-state index contributed by atoms with van der Waals surface area (Å²) in [5.74, 6) is -0.433. The first-order valence-electron chi connectivity index (χ1n) is 3.07. The normalized spacial score (nSPS) is 13.1. The molecule has 0 N–H and O–H groups in total. The Balaban J connectivity index is 3.06. The van der Waals surface area contributed by atoms with Crippen LogP contribution in [0.25, 0.3) is 0 Å². The van der Waals surface area contributed by atoms with Crippen molar-refractivity contribution in [3.8, 4) is 0 Å². The van der Waals surface area contributed by atoms with Gasteiger partial charge in [0.2, 0.25) is 5.95 Å². The van der Waals surface area contributed by atoms with E-state index in [1.807, 2.05) is 12.5 Å². The van der Waals surface area contributed by atoms with Gasteiger partial charge in [-0.15, -0.1) is 11.7 Å². The van der Waals surface area contributed by atoms with Gasteiger partial charge in [0.05, 0.1) is 0 Å². The van der Waals surface area contributed by atoms with Gasteiger partial charge in [-0.25, -0.2) is 4.98 Å². The zero-order chi connectivity index (χ0) is 8.48. The van der Waals surface area contributed by atoms with Gasteiger partial charge < -0.3 is 0 Å². The van der Waals surface area contributed by atoms with Gasteiger partial charge in [-0.1, -0.05) is 0 Å². The highest BCUT2D eigenvalue weighted by Crippen LogP contribution is 2.52. The second-order valence-corrected chi connectivity index (χ2v) is 8.34. The predicted octanol–water partition coefficient (Wildman–Crippen LogP) is 2.49. The van der Waals surface area contributed by atoms with Crippen molar-refractivity contribution < 1.29 is 4.39 Å². The van der Waals surface area contributed by atoms with Crippen LogP contribution in [0, 0.1) is 5.95 Å². The Bertz CT molecular complexity index is 257. The molecule has 11 heavy (non-hydrogen) atoms. The van der Waals surface area contributed by atoms with Crippen LogP contribution in [0.2, 0.25) is 0 Å². The highest BCUT2D eigenvalue weighted by atomic mass is 33.1. The zero-order valence-electron chi connectivity index (χ0n) is 6.41. The smallest absolute Gasteiger partial charge is 0.213 e. The Morgan fingerprint density at radius 3 is 2.55 bits per heavy atom. The number of aromatic nitrogens is 1. The molecule has 0 atom stereocenters. The van der Waals surface area contributed by atoms with Gasteiger partial charge >= 0.3 is 0 Å². The number of hydrogen-bond acceptors (Lipinski definition) is 2. The maximum atomic E-state index is 12.6. The van der Waals surface area contributed by atoms with Crippen molar-refractivity contribution in [2.45, 2.75) is 4.90 Å². The van der Waals surface area contributed by atoms with E-state index in [-0.39, 0.29) is 0 Å². The Hall–Kier alpha value is -0.220. The molecule has 0 fully saturated rings. The molecule has 0 aliphatic rings. The van der Waals surface area contributed by atoms with Gasteiger partial charge in [0.1, 0.15) is 0 Å². The third-order valence-electron chi connectivity index (χ3n) is 1.27. The number of rotatable bonds is 1. The summed E-state index contributed by atoms with van der Waals surface area (Å²) in [6, 6.07) is 3.23. The third kappa shape index (κ3) is 2.38. The lowest BCUT2D eigenvalue weighted by Crippen LogP contribution is -1.89. The van der Waals surface area contributed by atoms with Crippen molar-refractivity contribution in [2.24, 2.45) is 0 Å². The Morgan fingerprint density at radius 2 is 2.18 bits per heavy atom. The molecule has 1 aromatic rings. The summed E-state index contributed by atoms with van der Waals surface area (Å²) >= 11 is 4.38. The predicted molar refractivity (Wildman–Crippen MR) is 50.9 cm³/mol. The first kappa shape index (κ1) is 8.87. The highest BCUT2D eigenvalue weighted by Gasteiger charge is 2.09. The SMILES string of the molecule is CS(C)(S)c1ccnc(F)c1. The lowest BCUT2D eigenvalue weighted by molar-refractivity contribution is 0.579. The van der Waals surface area contributed by atoms with Crippen LogP contribution in [0.4, 0.5) is 4.39 Å². The molecule has 4 heteroatoms. The Kier molecular flexibility index (Phi) is 2.44. The van der Waals surface area contributed by atoms with Crippen molar-refractivity contribution in [3.63, 3.8) is 0 Å². The molecule has 62 valence electrons. The Labute approximate surface area is 72.2 Å². The van der Waals surface area contributed by atoms with Crippen LogP contribution in [0.1, 0.15) is 0 Å². The van der Waals surface area contributed by atoms with E-state index in [4.69, 9.17) is 0 Å². The van der Waals surface area contributed by atoms with Gasteiger partial charge in [-0.05, 0) is 18.6 Å². The molecule has 0 unspecified atom stereocenters. The summed E-state index contributed by atoms with van der Waals surface area (Å²) < 4.78 is 12.6. The maximum absolute atomic E-state index is 12.6. The minimum absolute atomic E-state index is 0.433. The van der Waals surface area contributed by atoms with Crippen molar-refractivity contribution in [1.29, 1.82) is 0 Å². The van der Waals surface area contributed by atoms with Crippen molar-refractivity contribution >= 4 is 20.7 Å². The fourth-order valence-electron chi connectivity index (χ4n) is 0.695. The number of hydrogen-bond donors (Lipinski definition) is 1. The van der Waals surface area contributed by atoms with Gasteiger partial charge in [0, 0.05) is 17.2 Å². The fourth-order valence-corrected chi connectivity index (χ4v) is 1.82. The minimum Gasteiger partial charge on any atom is -0.228 e. The number of nitrogens with zero attached hydrogens (tertiary/aromatic N) is 1. The number of pyridine rings is 1. The van der Waals surface area contributed by atoms with E-state index >= 15 is 0 Å². The molecule has 0 saturated carbocycles. The van der Waals surface area contributed by atoms with E-state index < -0.39 is 15.0 Å². The topological polar surface area (TPSA) is 12.9 Å². The summed E-state index contributed by atoms with van der Waals surface area (Å²) in [6.07, 6.45) is 5.45. The van der Waals surface area contributed by atoms with Crippen LogP contribution < -0.4 is 0 Å². The second-order valence-electron chi connectivity index (χ2n) is 2.59. The molecule has 0 radical (unpaired) electrons. The van der Waals surface area contributed by atoms with Crippen LogP contribution in [0.15, 0.2) is 23.2 Å².